The molecule has 3 heterocycles. The van der Waals surface area contributed by atoms with Crippen LogP contribution in [-0.4, -0.2) is 14.4 Å². The average molecular weight is 211 g/mol. The quantitative estimate of drug-likeness (QED) is 0.619. The van der Waals surface area contributed by atoms with Crippen LogP contribution in [0.4, 0.5) is 0 Å². The first-order valence-electron chi connectivity index (χ1n) is 5.48. The molecule has 80 valence electrons. The van der Waals surface area contributed by atoms with Crippen LogP contribution in [0.15, 0.2) is 36.8 Å². The lowest BCUT2D eigenvalue weighted by atomic mass is 10.0. The lowest BCUT2D eigenvalue weighted by Gasteiger charge is -2.10. The Balaban J connectivity index is 2.55. The van der Waals surface area contributed by atoms with Gasteiger partial charge in [-0.1, -0.05) is 13.8 Å². The summed E-state index contributed by atoms with van der Waals surface area (Å²) in [4.78, 5) is 8.78. The predicted octanol–water partition coefficient (Wildman–Crippen LogP) is 3.01. The summed E-state index contributed by atoms with van der Waals surface area (Å²) >= 11 is 0. The first-order valence-corrected chi connectivity index (χ1v) is 5.48. The molecule has 3 aromatic rings. The second-order valence-electron chi connectivity index (χ2n) is 4.28. The van der Waals surface area contributed by atoms with E-state index in [4.69, 9.17) is 0 Å². The highest BCUT2D eigenvalue weighted by molar-refractivity contribution is 5.82. The Bertz CT molecular complexity index is 652. The molecule has 16 heavy (non-hydrogen) atoms. The Morgan fingerprint density at radius 2 is 2.06 bits per heavy atom. The molecule has 0 saturated heterocycles. The maximum Gasteiger partial charge on any atom is 0.145 e. The van der Waals surface area contributed by atoms with Gasteiger partial charge in [0.2, 0.25) is 0 Å². The summed E-state index contributed by atoms with van der Waals surface area (Å²) in [6.45, 7) is 4.39. The van der Waals surface area contributed by atoms with Gasteiger partial charge in [0.15, 0.2) is 0 Å². The third kappa shape index (κ3) is 1.21. The fourth-order valence-corrected chi connectivity index (χ4v) is 2.11. The lowest BCUT2D eigenvalue weighted by Crippen LogP contribution is -1.97. The summed E-state index contributed by atoms with van der Waals surface area (Å²) in [5, 5.41) is 1.21. The van der Waals surface area contributed by atoms with E-state index in [0.29, 0.717) is 5.92 Å². The third-order valence-corrected chi connectivity index (χ3v) is 2.90. The van der Waals surface area contributed by atoms with Gasteiger partial charge in [-0.2, -0.15) is 0 Å². The van der Waals surface area contributed by atoms with Crippen LogP contribution in [0.2, 0.25) is 0 Å². The van der Waals surface area contributed by atoms with Gasteiger partial charge in [-0.15, -0.1) is 0 Å². The van der Waals surface area contributed by atoms with Crippen molar-refractivity contribution in [3.05, 3.63) is 42.4 Å². The van der Waals surface area contributed by atoms with E-state index in [1.54, 1.807) is 0 Å². The van der Waals surface area contributed by atoms with Crippen molar-refractivity contribution in [3.8, 4) is 0 Å². The molecule has 0 N–H and O–H groups in total. The second-order valence-corrected chi connectivity index (χ2v) is 4.28. The van der Waals surface area contributed by atoms with Gasteiger partial charge in [0.05, 0.1) is 0 Å². The molecule has 3 aromatic heterocycles. The molecule has 0 atom stereocenters. The Kier molecular flexibility index (Phi) is 1.93. The largest absolute Gasteiger partial charge is 0.284 e. The van der Waals surface area contributed by atoms with E-state index in [-0.39, 0.29) is 0 Å². The molecule has 0 unspecified atom stereocenters. The molecular formula is C13H13N3. The van der Waals surface area contributed by atoms with Gasteiger partial charge >= 0.3 is 0 Å². The van der Waals surface area contributed by atoms with Crippen molar-refractivity contribution >= 4 is 16.7 Å². The molecule has 0 amide bonds. The zero-order valence-corrected chi connectivity index (χ0v) is 9.38. The average Bonchev–Trinajstić information content (AvgIpc) is 2.75. The lowest BCUT2D eigenvalue weighted by molar-refractivity contribution is 0.873. The molecule has 0 aliphatic heterocycles. The van der Waals surface area contributed by atoms with Crippen LogP contribution in [0.25, 0.3) is 16.7 Å². The van der Waals surface area contributed by atoms with Gasteiger partial charge in [0, 0.05) is 24.0 Å². The highest BCUT2D eigenvalue weighted by atomic mass is 15.0. The summed E-state index contributed by atoms with van der Waals surface area (Å²) in [6.07, 6.45) is 5.59. The summed E-state index contributed by atoms with van der Waals surface area (Å²) in [7, 11) is 0. The smallest absolute Gasteiger partial charge is 0.145 e. The maximum absolute atomic E-state index is 4.45. The third-order valence-electron chi connectivity index (χ3n) is 2.90. The van der Waals surface area contributed by atoms with Crippen molar-refractivity contribution in [2.24, 2.45) is 0 Å². The van der Waals surface area contributed by atoms with E-state index in [1.807, 2.05) is 29.1 Å². The van der Waals surface area contributed by atoms with Crippen LogP contribution in [0, 0.1) is 0 Å². The monoisotopic (exact) mass is 211 g/mol. The molecule has 3 rings (SSSR count). The standard InChI is InChI=1S/C13H13N3/c1-9(2)11-8-12-14-6-7-16(12)13-10(11)4-3-5-15-13/h3-9H,1-2H3. The zero-order valence-electron chi connectivity index (χ0n) is 9.38. The molecule has 0 aliphatic carbocycles. The molecule has 0 fully saturated rings. The SMILES string of the molecule is CC(C)c1cc2nccn2c2ncccc12. The first-order chi connectivity index (χ1) is 7.77. The Morgan fingerprint density at radius 1 is 1.19 bits per heavy atom. The molecule has 0 aliphatic rings. The summed E-state index contributed by atoms with van der Waals surface area (Å²) in [5.74, 6) is 0.480. The maximum atomic E-state index is 4.45. The van der Waals surface area contributed by atoms with E-state index >= 15 is 0 Å². The Labute approximate surface area is 93.8 Å². The number of fused-ring (bicyclic) bond motifs is 3. The van der Waals surface area contributed by atoms with E-state index < -0.39 is 0 Å². The van der Waals surface area contributed by atoms with Crippen LogP contribution >= 0.6 is 0 Å². The van der Waals surface area contributed by atoms with Gasteiger partial charge in [-0.05, 0) is 29.7 Å². The van der Waals surface area contributed by atoms with Crippen molar-refractivity contribution in [2.75, 3.05) is 0 Å². The van der Waals surface area contributed by atoms with E-state index in [1.165, 1.54) is 10.9 Å². The summed E-state index contributed by atoms with van der Waals surface area (Å²) in [5.41, 5.74) is 3.26. The van der Waals surface area contributed by atoms with Crippen LogP contribution in [0.1, 0.15) is 25.3 Å². The predicted molar refractivity (Wildman–Crippen MR) is 64.6 cm³/mol. The van der Waals surface area contributed by atoms with Crippen molar-refractivity contribution in [1.82, 2.24) is 14.4 Å². The molecule has 0 aromatic carbocycles. The molecular weight excluding hydrogens is 198 g/mol. The molecule has 3 heteroatoms. The van der Waals surface area contributed by atoms with Gasteiger partial charge in [0.25, 0.3) is 0 Å². The number of hydrogen-bond acceptors (Lipinski definition) is 2. The van der Waals surface area contributed by atoms with Crippen molar-refractivity contribution < 1.29 is 0 Å². The van der Waals surface area contributed by atoms with Crippen LogP contribution < -0.4 is 0 Å². The fraction of sp³-hybridized carbons (Fsp3) is 0.231. The Hall–Kier alpha value is -1.90. The highest BCUT2D eigenvalue weighted by Gasteiger charge is 2.09. The zero-order chi connectivity index (χ0) is 11.1. The van der Waals surface area contributed by atoms with Crippen LogP contribution in [0.5, 0.6) is 0 Å². The Morgan fingerprint density at radius 3 is 2.88 bits per heavy atom. The molecule has 0 spiro atoms. The minimum atomic E-state index is 0.480. The van der Waals surface area contributed by atoms with Crippen LogP contribution in [0.3, 0.4) is 0 Å². The van der Waals surface area contributed by atoms with Gasteiger partial charge in [0.1, 0.15) is 11.3 Å². The number of imidazole rings is 1. The topological polar surface area (TPSA) is 30.2 Å². The molecule has 0 bridgehead atoms. The van der Waals surface area contributed by atoms with E-state index in [2.05, 4.69) is 35.9 Å². The fourth-order valence-electron chi connectivity index (χ4n) is 2.11. The van der Waals surface area contributed by atoms with E-state index in [9.17, 15) is 0 Å². The van der Waals surface area contributed by atoms with Crippen molar-refractivity contribution in [2.45, 2.75) is 19.8 Å². The van der Waals surface area contributed by atoms with Gasteiger partial charge in [-0.3, -0.25) is 4.40 Å². The number of pyridine rings is 2. The minimum Gasteiger partial charge on any atom is -0.284 e. The van der Waals surface area contributed by atoms with Crippen LogP contribution in [-0.2, 0) is 0 Å². The number of rotatable bonds is 1. The van der Waals surface area contributed by atoms with Crippen molar-refractivity contribution in [3.63, 3.8) is 0 Å². The summed E-state index contributed by atoms with van der Waals surface area (Å²) < 4.78 is 2.03. The van der Waals surface area contributed by atoms with Gasteiger partial charge < -0.3 is 0 Å². The first kappa shape index (κ1) is 9.33. The normalized spacial score (nSPS) is 11.7. The molecule has 0 radical (unpaired) electrons. The van der Waals surface area contributed by atoms with Gasteiger partial charge in [-0.25, -0.2) is 9.97 Å². The highest BCUT2D eigenvalue weighted by Crippen LogP contribution is 2.25. The van der Waals surface area contributed by atoms with E-state index in [0.717, 1.165) is 11.3 Å². The molecule has 0 saturated carbocycles. The summed E-state index contributed by atoms with van der Waals surface area (Å²) in [6, 6.07) is 6.25. The second kappa shape index (κ2) is 3.30. The number of nitrogens with zero attached hydrogens (tertiary/aromatic N) is 3. The number of aromatic nitrogens is 3. The molecule has 3 nitrogen and oxygen atoms in total. The van der Waals surface area contributed by atoms with Crippen molar-refractivity contribution in [1.29, 1.82) is 0 Å². The minimum absolute atomic E-state index is 0.480. The number of hydrogen-bond donors (Lipinski definition) is 0.